The van der Waals surface area contributed by atoms with Crippen LogP contribution in [-0.2, 0) is 29.7 Å². The number of nitrogens with zero attached hydrogens (tertiary/aromatic N) is 2. The highest BCUT2D eigenvalue weighted by atomic mass is 16.3. The molecular weight excluding hydrogens is 378 g/mol. The van der Waals surface area contributed by atoms with Crippen LogP contribution in [-0.4, -0.2) is 21.8 Å². The fourth-order valence-corrected chi connectivity index (χ4v) is 4.29. The van der Waals surface area contributed by atoms with Crippen LogP contribution in [0.5, 0.6) is 0 Å². The number of carbonyl (C=O) groups is 2. The molecule has 6 heteroatoms. The van der Waals surface area contributed by atoms with E-state index in [9.17, 15) is 9.59 Å². The number of rotatable bonds is 4. The van der Waals surface area contributed by atoms with Gasteiger partial charge in [-0.1, -0.05) is 35.9 Å². The fourth-order valence-electron chi connectivity index (χ4n) is 4.29. The minimum Gasteiger partial charge on any atom is -0.444 e. The summed E-state index contributed by atoms with van der Waals surface area (Å²) in [7, 11) is 0. The molecule has 1 atom stereocenters. The molecule has 1 aromatic heterocycles. The summed E-state index contributed by atoms with van der Waals surface area (Å²) in [5.74, 6) is 0.198. The molecule has 0 bridgehead atoms. The first-order valence-electron chi connectivity index (χ1n) is 10.2. The Morgan fingerprint density at radius 2 is 1.87 bits per heavy atom. The number of fused-ring (bicyclic) bond motifs is 1. The minimum absolute atomic E-state index is 0.0700. The maximum atomic E-state index is 13.2. The van der Waals surface area contributed by atoms with E-state index >= 15 is 0 Å². The molecule has 3 amide bonds. The van der Waals surface area contributed by atoms with E-state index in [1.807, 2.05) is 37.3 Å². The Balaban J connectivity index is 1.38. The Kier molecular flexibility index (Phi) is 4.24. The van der Waals surface area contributed by atoms with E-state index < -0.39 is 11.6 Å². The van der Waals surface area contributed by atoms with E-state index in [1.165, 1.54) is 22.3 Å². The number of nitrogens with one attached hydrogen (secondary N) is 1. The van der Waals surface area contributed by atoms with E-state index in [2.05, 4.69) is 22.4 Å². The van der Waals surface area contributed by atoms with Crippen LogP contribution in [0.2, 0.25) is 0 Å². The molecule has 152 valence electrons. The first kappa shape index (κ1) is 18.6. The Labute approximate surface area is 174 Å². The van der Waals surface area contributed by atoms with Gasteiger partial charge in [0.1, 0.15) is 11.8 Å². The van der Waals surface area contributed by atoms with Gasteiger partial charge in [-0.3, -0.25) is 9.69 Å². The quantitative estimate of drug-likeness (QED) is 0.668. The average Bonchev–Trinajstić information content (AvgIpc) is 3.44. The molecule has 5 rings (SSSR count). The number of hydrogen-bond acceptors (Lipinski definition) is 4. The van der Waals surface area contributed by atoms with Crippen LogP contribution in [0.25, 0.3) is 11.5 Å². The van der Waals surface area contributed by atoms with Crippen molar-refractivity contribution < 1.29 is 14.0 Å². The van der Waals surface area contributed by atoms with E-state index in [0.29, 0.717) is 11.6 Å². The van der Waals surface area contributed by atoms with Crippen molar-refractivity contribution in [3.63, 3.8) is 0 Å². The highest BCUT2D eigenvalue weighted by Crippen LogP contribution is 2.33. The summed E-state index contributed by atoms with van der Waals surface area (Å²) in [6.07, 6.45) is 4.73. The molecule has 1 fully saturated rings. The summed E-state index contributed by atoms with van der Waals surface area (Å²) < 4.78 is 5.58. The molecule has 0 saturated carbocycles. The van der Waals surface area contributed by atoms with Crippen LogP contribution in [0.15, 0.2) is 53.1 Å². The minimum atomic E-state index is -1.07. The normalized spacial score (nSPS) is 20.5. The lowest BCUT2D eigenvalue weighted by Crippen LogP contribution is -2.41. The lowest BCUT2D eigenvalue weighted by Gasteiger charge is -2.23. The van der Waals surface area contributed by atoms with Gasteiger partial charge in [-0.05, 0) is 61.9 Å². The molecular formula is C24H23N3O3. The summed E-state index contributed by atoms with van der Waals surface area (Å²) in [4.78, 5) is 31.6. The van der Waals surface area contributed by atoms with Gasteiger partial charge in [-0.2, -0.15) is 0 Å². The molecule has 2 aromatic carbocycles. The monoisotopic (exact) mass is 401 g/mol. The summed E-state index contributed by atoms with van der Waals surface area (Å²) in [5, 5.41) is 2.88. The van der Waals surface area contributed by atoms with Crippen molar-refractivity contribution in [1.82, 2.24) is 15.2 Å². The Morgan fingerprint density at radius 3 is 2.67 bits per heavy atom. The number of aromatic nitrogens is 1. The standard InChI is InChI=1S/C24H23N3O3/c1-15-6-8-17(9-7-15)21-25-20(14-30-21)13-27-22(28)24(2,26-23(27)29)19-11-10-16-4-3-5-18(16)12-19/h6-12,14H,3-5,13H2,1-2H3,(H,26,29)/t24-/m1/s1. The highest BCUT2D eigenvalue weighted by molar-refractivity contribution is 6.07. The molecule has 1 saturated heterocycles. The number of amides is 3. The van der Waals surface area contributed by atoms with Crippen molar-refractivity contribution >= 4 is 11.9 Å². The lowest BCUT2D eigenvalue weighted by atomic mass is 9.89. The number of benzene rings is 2. The summed E-state index contributed by atoms with van der Waals surface area (Å²) >= 11 is 0. The van der Waals surface area contributed by atoms with Crippen LogP contribution in [0.1, 0.15) is 41.3 Å². The Morgan fingerprint density at radius 1 is 1.10 bits per heavy atom. The van der Waals surface area contributed by atoms with Gasteiger partial charge in [0.25, 0.3) is 5.91 Å². The third kappa shape index (κ3) is 3.00. The molecule has 0 radical (unpaired) electrons. The third-order valence-corrected chi connectivity index (χ3v) is 6.12. The maximum absolute atomic E-state index is 13.2. The fraction of sp³-hybridized carbons (Fsp3) is 0.292. The zero-order valence-corrected chi connectivity index (χ0v) is 17.1. The second-order valence-electron chi connectivity index (χ2n) is 8.29. The zero-order valence-electron chi connectivity index (χ0n) is 17.1. The molecule has 1 aliphatic carbocycles. The number of imide groups is 1. The average molecular weight is 401 g/mol. The summed E-state index contributed by atoms with van der Waals surface area (Å²) in [6.45, 7) is 3.85. The number of carbonyl (C=O) groups excluding carboxylic acids is 2. The van der Waals surface area contributed by atoms with Gasteiger partial charge in [-0.15, -0.1) is 0 Å². The largest absolute Gasteiger partial charge is 0.444 e. The molecule has 1 N–H and O–H groups in total. The number of urea groups is 1. The van der Waals surface area contributed by atoms with Gasteiger partial charge in [-0.25, -0.2) is 9.78 Å². The Hall–Kier alpha value is -3.41. The van der Waals surface area contributed by atoms with Crippen molar-refractivity contribution in [2.45, 2.75) is 45.2 Å². The molecule has 3 aromatic rings. The number of hydrogen-bond donors (Lipinski definition) is 1. The van der Waals surface area contributed by atoms with Gasteiger partial charge >= 0.3 is 6.03 Å². The summed E-state index contributed by atoms with van der Waals surface area (Å²) in [6, 6.07) is 13.5. The van der Waals surface area contributed by atoms with Gasteiger partial charge in [0.2, 0.25) is 5.89 Å². The van der Waals surface area contributed by atoms with Gasteiger partial charge < -0.3 is 9.73 Å². The van der Waals surface area contributed by atoms with Gasteiger partial charge in [0, 0.05) is 5.56 Å². The molecule has 6 nitrogen and oxygen atoms in total. The highest BCUT2D eigenvalue weighted by Gasteiger charge is 2.49. The van der Waals surface area contributed by atoms with E-state index in [1.54, 1.807) is 6.92 Å². The first-order valence-corrected chi connectivity index (χ1v) is 10.2. The van der Waals surface area contributed by atoms with E-state index in [-0.39, 0.29) is 12.5 Å². The second-order valence-corrected chi connectivity index (χ2v) is 8.29. The number of oxazole rings is 1. The second kappa shape index (κ2) is 6.83. The van der Waals surface area contributed by atoms with Gasteiger partial charge in [0.15, 0.2) is 0 Å². The van der Waals surface area contributed by atoms with E-state index in [4.69, 9.17) is 4.42 Å². The SMILES string of the molecule is Cc1ccc(-c2nc(CN3C(=O)N[C@](C)(c4ccc5c(c4)CCC5)C3=O)co2)cc1. The van der Waals surface area contributed by atoms with E-state index in [0.717, 1.165) is 36.0 Å². The first-order chi connectivity index (χ1) is 14.4. The molecule has 30 heavy (non-hydrogen) atoms. The molecule has 2 aliphatic rings. The maximum Gasteiger partial charge on any atom is 0.325 e. The van der Waals surface area contributed by atoms with Gasteiger partial charge in [0.05, 0.1) is 12.2 Å². The van der Waals surface area contributed by atoms with Crippen LogP contribution in [0, 0.1) is 6.92 Å². The van der Waals surface area contributed by atoms with Crippen LogP contribution in [0.4, 0.5) is 4.79 Å². The van der Waals surface area contributed by atoms with Crippen molar-refractivity contribution in [3.05, 3.63) is 76.7 Å². The zero-order chi connectivity index (χ0) is 20.9. The van der Waals surface area contributed by atoms with Crippen molar-refractivity contribution in [2.24, 2.45) is 0 Å². The van der Waals surface area contributed by atoms with Crippen molar-refractivity contribution in [2.75, 3.05) is 0 Å². The van der Waals surface area contributed by atoms with Crippen LogP contribution >= 0.6 is 0 Å². The predicted molar refractivity (Wildman–Crippen MR) is 112 cm³/mol. The predicted octanol–water partition coefficient (Wildman–Crippen LogP) is 4.11. The smallest absolute Gasteiger partial charge is 0.325 e. The third-order valence-electron chi connectivity index (χ3n) is 6.12. The molecule has 1 aliphatic heterocycles. The van der Waals surface area contributed by atoms with Crippen LogP contribution < -0.4 is 5.32 Å². The lowest BCUT2D eigenvalue weighted by molar-refractivity contribution is -0.131. The number of aryl methyl sites for hydroxylation is 3. The molecule has 0 spiro atoms. The molecule has 0 unspecified atom stereocenters. The van der Waals surface area contributed by atoms with Crippen molar-refractivity contribution in [3.8, 4) is 11.5 Å². The summed E-state index contributed by atoms with van der Waals surface area (Å²) in [5.41, 5.74) is 4.90. The van der Waals surface area contributed by atoms with Crippen molar-refractivity contribution in [1.29, 1.82) is 0 Å². The van der Waals surface area contributed by atoms with Crippen LogP contribution in [0.3, 0.4) is 0 Å². The topological polar surface area (TPSA) is 75.4 Å². The Bertz CT molecular complexity index is 1150. The molecule has 2 heterocycles.